The Hall–Kier alpha value is -0.290. The quantitative estimate of drug-likeness (QED) is 0.871. The number of rotatable bonds is 2. The number of nitrogens with two attached hydrogens (primary N) is 1. The fourth-order valence-electron chi connectivity index (χ4n) is 2.18. The highest BCUT2D eigenvalue weighted by Gasteiger charge is 2.23. The molecule has 0 unspecified atom stereocenters. The van der Waals surface area contributed by atoms with Crippen molar-refractivity contribution in [3.05, 3.63) is 33.3 Å². The molecule has 1 aromatic rings. The number of carbonyl (C=O) groups excluding carboxylic acids is 1. The summed E-state index contributed by atoms with van der Waals surface area (Å²) in [5, 5.41) is 0.619. The summed E-state index contributed by atoms with van der Waals surface area (Å²) < 4.78 is 0.756. The second-order valence-electron chi connectivity index (χ2n) is 4.60. The van der Waals surface area contributed by atoms with E-state index in [-0.39, 0.29) is 18.3 Å². The number of piperidine rings is 1. The second kappa shape index (κ2) is 7.48. The van der Waals surface area contributed by atoms with Gasteiger partial charge in [-0.2, -0.15) is 0 Å². The zero-order valence-corrected chi connectivity index (χ0v) is 13.6. The summed E-state index contributed by atoms with van der Waals surface area (Å²) in [7, 11) is 0. The molecule has 1 fully saturated rings. The van der Waals surface area contributed by atoms with Crippen LogP contribution in [0.1, 0.15) is 23.2 Å². The van der Waals surface area contributed by atoms with E-state index in [2.05, 4.69) is 15.9 Å². The zero-order valence-electron chi connectivity index (χ0n) is 10.4. The van der Waals surface area contributed by atoms with Crippen molar-refractivity contribution in [1.82, 2.24) is 4.90 Å². The third kappa shape index (κ3) is 4.09. The van der Waals surface area contributed by atoms with Crippen LogP contribution in [0.25, 0.3) is 0 Å². The number of hydrogen-bond acceptors (Lipinski definition) is 2. The molecule has 0 radical (unpaired) electrons. The highest BCUT2D eigenvalue weighted by molar-refractivity contribution is 9.10. The molecule has 1 heterocycles. The van der Waals surface area contributed by atoms with Gasteiger partial charge < -0.3 is 10.6 Å². The van der Waals surface area contributed by atoms with Crippen LogP contribution in [0.4, 0.5) is 0 Å². The van der Waals surface area contributed by atoms with E-state index in [1.54, 1.807) is 18.2 Å². The van der Waals surface area contributed by atoms with Gasteiger partial charge in [0.05, 0.1) is 5.02 Å². The number of likely N-dealkylation sites (tertiary alicyclic amines) is 1. The molecule has 106 valence electrons. The standard InChI is InChI=1S/C13H16BrClN2O.ClH/c14-11-7-10(1-2-12(11)15)13(18)17-5-3-9(8-16)4-6-17;/h1-2,7,9H,3-6,8,16H2;1H. The van der Waals surface area contributed by atoms with Crippen LogP contribution in [0.15, 0.2) is 22.7 Å². The van der Waals surface area contributed by atoms with Gasteiger partial charge in [0.25, 0.3) is 5.91 Å². The third-order valence-corrected chi connectivity index (χ3v) is 4.62. The van der Waals surface area contributed by atoms with Gasteiger partial charge in [-0.15, -0.1) is 12.4 Å². The Balaban J connectivity index is 0.00000180. The number of amides is 1. The third-order valence-electron chi connectivity index (χ3n) is 3.40. The lowest BCUT2D eigenvalue weighted by molar-refractivity contribution is 0.0693. The van der Waals surface area contributed by atoms with E-state index in [1.807, 2.05) is 4.90 Å². The van der Waals surface area contributed by atoms with Crippen LogP contribution < -0.4 is 5.73 Å². The Kier molecular flexibility index (Phi) is 6.60. The zero-order chi connectivity index (χ0) is 13.1. The molecule has 0 aromatic heterocycles. The van der Waals surface area contributed by atoms with Crippen LogP contribution in [0.5, 0.6) is 0 Å². The molecule has 6 heteroatoms. The molecule has 2 N–H and O–H groups in total. The average molecular weight is 368 g/mol. The predicted octanol–water partition coefficient (Wildman–Crippen LogP) is 3.34. The first-order chi connectivity index (χ1) is 8.61. The van der Waals surface area contributed by atoms with Gasteiger partial charge in [0.2, 0.25) is 0 Å². The van der Waals surface area contributed by atoms with Gasteiger partial charge in [0.15, 0.2) is 0 Å². The molecule has 1 saturated heterocycles. The highest BCUT2D eigenvalue weighted by atomic mass is 79.9. The highest BCUT2D eigenvalue weighted by Crippen LogP contribution is 2.25. The van der Waals surface area contributed by atoms with Gasteiger partial charge >= 0.3 is 0 Å². The summed E-state index contributed by atoms with van der Waals surface area (Å²) in [6.07, 6.45) is 1.99. The maximum absolute atomic E-state index is 12.3. The predicted molar refractivity (Wildman–Crippen MR) is 84.1 cm³/mol. The Morgan fingerprint density at radius 2 is 2.05 bits per heavy atom. The largest absolute Gasteiger partial charge is 0.339 e. The topological polar surface area (TPSA) is 46.3 Å². The molecule has 1 amide bonds. The molecule has 1 aliphatic rings. The van der Waals surface area contributed by atoms with Gasteiger partial charge in [-0.3, -0.25) is 4.79 Å². The van der Waals surface area contributed by atoms with E-state index >= 15 is 0 Å². The summed E-state index contributed by atoms with van der Waals surface area (Å²) >= 11 is 9.26. The molecule has 0 atom stereocenters. The van der Waals surface area contributed by atoms with Crippen molar-refractivity contribution in [3.8, 4) is 0 Å². The van der Waals surface area contributed by atoms with Gasteiger partial charge in [-0.1, -0.05) is 11.6 Å². The van der Waals surface area contributed by atoms with Crippen molar-refractivity contribution in [2.75, 3.05) is 19.6 Å². The molecule has 0 saturated carbocycles. The Labute approximate surface area is 133 Å². The van der Waals surface area contributed by atoms with E-state index < -0.39 is 0 Å². The van der Waals surface area contributed by atoms with Crippen molar-refractivity contribution in [2.24, 2.45) is 11.7 Å². The first kappa shape index (κ1) is 16.8. The first-order valence-corrected chi connectivity index (χ1v) is 7.23. The fraction of sp³-hybridized carbons (Fsp3) is 0.462. The van der Waals surface area contributed by atoms with Crippen molar-refractivity contribution in [2.45, 2.75) is 12.8 Å². The Bertz CT molecular complexity index is 448. The van der Waals surface area contributed by atoms with E-state index in [4.69, 9.17) is 17.3 Å². The maximum atomic E-state index is 12.3. The summed E-state index contributed by atoms with van der Waals surface area (Å²) in [6, 6.07) is 5.29. The van der Waals surface area contributed by atoms with Gasteiger partial charge in [0, 0.05) is 23.1 Å². The Morgan fingerprint density at radius 1 is 1.42 bits per heavy atom. The summed E-state index contributed by atoms with van der Waals surface area (Å²) in [5.74, 6) is 0.633. The molecule has 3 nitrogen and oxygen atoms in total. The average Bonchev–Trinajstić information content (AvgIpc) is 2.41. The molecule has 1 aromatic carbocycles. The molecule has 2 rings (SSSR count). The lowest BCUT2D eigenvalue weighted by atomic mass is 9.96. The lowest BCUT2D eigenvalue weighted by Gasteiger charge is -2.31. The second-order valence-corrected chi connectivity index (χ2v) is 5.86. The SMILES string of the molecule is Cl.NCC1CCN(C(=O)c2ccc(Cl)c(Br)c2)CC1. The molecule has 0 spiro atoms. The molecule has 1 aliphatic heterocycles. The Morgan fingerprint density at radius 3 is 2.58 bits per heavy atom. The lowest BCUT2D eigenvalue weighted by Crippen LogP contribution is -2.40. The number of hydrogen-bond donors (Lipinski definition) is 1. The molecular formula is C13H17BrCl2N2O. The van der Waals surface area contributed by atoms with E-state index in [0.29, 0.717) is 23.0 Å². The number of carbonyl (C=O) groups is 1. The monoisotopic (exact) mass is 366 g/mol. The van der Waals surface area contributed by atoms with Gasteiger partial charge in [-0.25, -0.2) is 0 Å². The minimum Gasteiger partial charge on any atom is -0.339 e. The number of nitrogens with zero attached hydrogens (tertiary/aromatic N) is 1. The van der Waals surface area contributed by atoms with Crippen molar-refractivity contribution >= 4 is 45.8 Å². The maximum Gasteiger partial charge on any atom is 0.253 e. The fourth-order valence-corrected chi connectivity index (χ4v) is 2.68. The smallest absolute Gasteiger partial charge is 0.253 e. The van der Waals surface area contributed by atoms with Crippen LogP contribution in [0.2, 0.25) is 5.02 Å². The van der Waals surface area contributed by atoms with Crippen LogP contribution in [-0.2, 0) is 0 Å². The molecule has 0 aliphatic carbocycles. The van der Waals surface area contributed by atoms with Gasteiger partial charge in [0.1, 0.15) is 0 Å². The normalized spacial score (nSPS) is 16.1. The minimum atomic E-state index is 0. The van der Waals surface area contributed by atoms with Crippen LogP contribution in [0, 0.1) is 5.92 Å². The van der Waals surface area contributed by atoms with Crippen LogP contribution in [-0.4, -0.2) is 30.4 Å². The summed E-state index contributed by atoms with van der Waals surface area (Å²) in [5.41, 5.74) is 6.33. The van der Waals surface area contributed by atoms with E-state index in [9.17, 15) is 4.79 Å². The van der Waals surface area contributed by atoms with E-state index in [1.165, 1.54) is 0 Å². The van der Waals surface area contributed by atoms with E-state index in [0.717, 1.165) is 30.4 Å². The van der Waals surface area contributed by atoms with Crippen molar-refractivity contribution in [1.29, 1.82) is 0 Å². The van der Waals surface area contributed by atoms with Crippen LogP contribution >= 0.6 is 39.9 Å². The van der Waals surface area contributed by atoms with Crippen molar-refractivity contribution < 1.29 is 4.79 Å². The molecule has 19 heavy (non-hydrogen) atoms. The molecular weight excluding hydrogens is 351 g/mol. The van der Waals surface area contributed by atoms with Crippen molar-refractivity contribution in [3.63, 3.8) is 0 Å². The van der Waals surface area contributed by atoms with Crippen LogP contribution in [0.3, 0.4) is 0 Å². The molecule has 0 bridgehead atoms. The number of benzene rings is 1. The minimum absolute atomic E-state index is 0. The summed E-state index contributed by atoms with van der Waals surface area (Å²) in [4.78, 5) is 14.2. The first-order valence-electron chi connectivity index (χ1n) is 6.06. The summed E-state index contributed by atoms with van der Waals surface area (Å²) in [6.45, 7) is 2.30. The van der Waals surface area contributed by atoms with Gasteiger partial charge in [-0.05, 0) is 59.4 Å². The number of halogens is 3.